The van der Waals surface area contributed by atoms with Crippen LogP contribution in [0.5, 0.6) is 0 Å². The lowest BCUT2D eigenvalue weighted by Crippen LogP contribution is -2.60. The van der Waals surface area contributed by atoms with E-state index in [1.54, 1.807) is 0 Å². The van der Waals surface area contributed by atoms with Gasteiger partial charge in [-0.1, -0.05) is 0 Å². The summed E-state index contributed by atoms with van der Waals surface area (Å²) in [6.07, 6.45) is -1.55. The topological polar surface area (TPSA) is 687 Å². The average molecular weight is 1300 g/mol. The van der Waals surface area contributed by atoms with E-state index in [0.717, 1.165) is 0 Å². The van der Waals surface area contributed by atoms with Gasteiger partial charge in [0.25, 0.3) is 0 Å². The van der Waals surface area contributed by atoms with Gasteiger partial charge in [-0.25, -0.2) is 0 Å². The summed E-state index contributed by atoms with van der Waals surface area (Å²) >= 11 is 0. The smallest absolute Gasteiger partial charge is 0.322 e. The van der Waals surface area contributed by atoms with E-state index in [0.29, 0.717) is 19.3 Å². The Bertz CT molecular complexity index is 2570. The highest BCUT2D eigenvalue weighted by Gasteiger charge is 2.40. The van der Waals surface area contributed by atoms with E-state index in [1.807, 2.05) is 0 Å². The van der Waals surface area contributed by atoms with Crippen molar-refractivity contribution in [1.29, 1.82) is 0 Å². The molecule has 0 bridgehead atoms. The highest BCUT2D eigenvalue weighted by Crippen LogP contribution is 2.20. The van der Waals surface area contributed by atoms with Crippen LogP contribution in [-0.4, -0.2) is 227 Å². The van der Waals surface area contributed by atoms with Crippen molar-refractivity contribution >= 4 is 94.8 Å². The maximum Gasteiger partial charge on any atom is 0.322 e. The molecule has 10 amide bonds. The van der Waals surface area contributed by atoms with Crippen LogP contribution in [0.1, 0.15) is 117 Å². The van der Waals surface area contributed by atoms with Crippen LogP contribution in [0.4, 0.5) is 0 Å². The minimum Gasteiger partial charge on any atom is -0.481 e. The first kappa shape index (κ1) is 79.6. The second kappa shape index (κ2) is 42.5. The Hall–Kier alpha value is -9.40. The van der Waals surface area contributed by atoms with Gasteiger partial charge in [0, 0.05) is 39.1 Å². The molecule has 1 aliphatic rings. The van der Waals surface area contributed by atoms with Crippen molar-refractivity contribution in [3.8, 4) is 0 Å². The summed E-state index contributed by atoms with van der Waals surface area (Å²) in [5.41, 5.74) is 55.3. The number of hydrogen-bond donors (Lipinski definition) is 22. The molecule has 11 atom stereocenters. The molecule has 1 fully saturated rings. The first-order valence-corrected chi connectivity index (χ1v) is 29.6. The summed E-state index contributed by atoms with van der Waals surface area (Å²) in [7, 11) is 0. The average Bonchev–Trinajstić information content (AvgIpc) is 1.98. The van der Waals surface area contributed by atoms with Gasteiger partial charge in [-0.2, -0.15) is 0 Å². The van der Waals surface area contributed by atoms with E-state index < -0.39 is 157 Å². The third-order valence-electron chi connectivity index (χ3n) is 13.7. The molecule has 1 saturated heterocycles. The van der Waals surface area contributed by atoms with Gasteiger partial charge in [0.1, 0.15) is 67.0 Å². The normalized spacial score (nSPS) is 15.8. The lowest BCUT2D eigenvalue weighted by atomic mass is 10.0. The van der Waals surface area contributed by atoms with Crippen molar-refractivity contribution in [2.45, 2.75) is 184 Å². The zero-order valence-corrected chi connectivity index (χ0v) is 51.7. The first-order chi connectivity index (χ1) is 42.8. The second-order valence-electron chi connectivity index (χ2n) is 21.4. The quantitative estimate of drug-likeness (QED) is 0.0153. The van der Waals surface area contributed by atoms with Crippen molar-refractivity contribution in [1.82, 2.24) is 52.8 Å². The molecule has 0 aromatic heterocycles. The van der Waals surface area contributed by atoms with Gasteiger partial charge in [-0.05, 0) is 117 Å². The highest BCUT2D eigenvalue weighted by molar-refractivity contribution is 5.99. The molecule has 0 aromatic rings. The number of nitrogens with two attached hydrogens (primary N) is 10. The van der Waals surface area contributed by atoms with Crippen LogP contribution in [0, 0.1) is 0 Å². The minimum atomic E-state index is -1.71. The van der Waals surface area contributed by atoms with E-state index in [1.165, 1.54) is 25.7 Å². The summed E-state index contributed by atoms with van der Waals surface area (Å²) in [5, 5.41) is 51.1. The number of aliphatic hydroxyl groups is 1. The van der Waals surface area contributed by atoms with Gasteiger partial charge in [0.15, 0.2) is 23.8 Å². The van der Waals surface area contributed by atoms with Crippen LogP contribution in [0.2, 0.25) is 0 Å². The Morgan fingerprint density at radius 2 is 0.802 bits per heavy atom. The molecule has 0 aliphatic carbocycles. The number of aliphatic imine (C=N–C) groups is 4. The Morgan fingerprint density at radius 3 is 1.18 bits per heavy atom. The van der Waals surface area contributed by atoms with Gasteiger partial charge in [0.05, 0.1) is 6.10 Å². The first-order valence-electron chi connectivity index (χ1n) is 29.6. The number of carboxylic acid groups (broad SMARTS) is 2. The number of carbonyl (C=O) groups excluding carboxylic acids is 10. The summed E-state index contributed by atoms with van der Waals surface area (Å²) in [4.78, 5) is 178. The highest BCUT2D eigenvalue weighted by atomic mass is 16.4. The maximum atomic E-state index is 14.4. The number of carbonyl (C=O) groups is 12. The zero-order chi connectivity index (χ0) is 68.9. The molecule has 0 saturated carbocycles. The Morgan fingerprint density at radius 1 is 0.462 bits per heavy atom. The van der Waals surface area contributed by atoms with E-state index in [-0.39, 0.29) is 127 Å². The molecule has 32 N–H and O–H groups in total. The second-order valence-corrected chi connectivity index (χ2v) is 21.4. The standard InChI is InChI=1S/C52H96N24O15/c1-26(39(82)68-27(2)40(83)70-30(11-4-5-19-53)43(86)71-29(12-6-20-63-49(55)56)41(84)67-25-37(80)81)69-42(85)31(13-7-21-64-50(57)58)72-44(87)32(14-8-22-65-51(59)60)73-46(89)34(17-18-36(78)79)74-45(88)33(15-9-23-66-52(61)62)75-47(90)35-16-10-24-76(35)48(91)38(54)28(3)77/h26-35,38,77H,4-25,53-54H2,1-3H3,(H,67,84)(H,68,82)(H,69,85)(H,70,83)(H,71,86)(H,72,87)(H,73,89)(H,74,88)(H,75,90)(H,78,79)(H,80,81)(H4,55,56,63)(H4,57,58,64)(H4,59,60,65)(H4,61,62,66)/t26-,27-,28+,29-,30-,31-,32-,33-,34-,35-,38-/m0/s1. The van der Waals surface area contributed by atoms with Crippen molar-refractivity contribution in [3.05, 3.63) is 0 Å². The fourth-order valence-corrected chi connectivity index (χ4v) is 8.81. The molecular weight excluding hydrogens is 1200 g/mol. The van der Waals surface area contributed by atoms with Crippen molar-refractivity contribution < 1.29 is 72.9 Å². The minimum absolute atomic E-state index is 0.00659. The number of guanidine groups is 4. The molecule has 0 aromatic carbocycles. The van der Waals surface area contributed by atoms with Crippen LogP contribution >= 0.6 is 0 Å². The van der Waals surface area contributed by atoms with E-state index in [4.69, 9.17) is 62.4 Å². The van der Waals surface area contributed by atoms with E-state index >= 15 is 0 Å². The van der Waals surface area contributed by atoms with Crippen LogP contribution < -0.4 is 105 Å². The van der Waals surface area contributed by atoms with E-state index in [2.05, 4.69) is 67.8 Å². The number of aliphatic hydroxyl groups excluding tert-OH is 1. The number of carboxylic acids is 2. The summed E-state index contributed by atoms with van der Waals surface area (Å²) in [6.45, 7) is 3.32. The van der Waals surface area contributed by atoms with Crippen LogP contribution in [-0.2, 0) is 57.5 Å². The number of rotatable bonds is 44. The van der Waals surface area contributed by atoms with Crippen molar-refractivity contribution in [2.24, 2.45) is 77.3 Å². The van der Waals surface area contributed by atoms with Crippen LogP contribution in [0.25, 0.3) is 0 Å². The predicted octanol–water partition coefficient (Wildman–Crippen LogP) is -9.99. The van der Waals surface area contributed by atoms with Crippen LogP contribution in [0.15, 0.2) is 20.0 Å². The number of amides is 10. The molecule has 1 rings (SSSR count). The number of nitrogens with one attached hydrogen (secondary N) is 9. The fourth-order valence-electron chi connectivity index (χ4n) is 8.81. The SMILES string of the molecule is C[C@H](NC(=O)[C@H](C)NC(=O)[C@H](CCCN=C(N)N)NC(=O)[C@H](CCCN=C(N)N)NC(=O)[C@H](CCC(=O)O)NC(=O)[C@H](CCCN=C(N)N)NC(=O)[C@@H]1CCCN1C(=O)[C@@H](N)[C@@H](C)O)C(=O)N[C@@H](CCCCN)C(=O)N[C@@H](CCCN=C(N)N)C(=O)NCC(=O)O. The van der Waals surface area contributed by atoms with Gasteiger partial charge < -0.3 is 125 Å². The van der Waals surface area contributed by atoms with Crippen LogP contribution in [0.3, 0.4) is 0 Å². The third-order valence-corrected chi connectivity index (χ3v) is 13.7. The molecule has 39 heteroatoms. The predicted molar refractivity (Wildman–Crippen MR) is 331 cm³/mol. The monoisotopic (exact) mass is 1300 g/mol. The van der Waals surface area contributed by atoms with Crippen molar-refractivity contribution in [3.63, 3.8) is 0 Å². The van der Waals surface area contributed by atoms with Gasteiger partial charge in [0.2, 0.25) is 59.1 Å². The summed E-state index contributed by atoms with van der Waals surface area (Å²) in [6, 6.07) is -14.1. The molecule has 91 heavy (non-hydrogen) atoms. The molecular formula is C52H96N24O15. The third kappa shape index (κ3) is 32.6. The summed E-state index contributed by atoms with van der Waals surface area (Å²) < 4.78 is 0. The Balaban J connectivity index is 3.55. The number of likely N-dealkylation sites (tertiary alicyclic amines) is 1. The Kier molecular flexibility index (Phi) is 37.2. The number of unbranched alkanes of at least 4 members (excludes halogenated alkanes) is 1. The molecule has 0 radical (unpaired) electrons. The molecule has 514 valence electrons. The lowest BCUT2D eigenvalue weighted by Gasteiger charge is -2.29. The number of hydrogen-bond acceptors (Lipinski definition) is 19. The molecule has 0 spiro atoms. The number of aliphatic carboxylic acids is 2. The molecule has 0 unspecified atom stereocenters. The van der Waals surface area contributed by atoms with Gasteiger partial charge >= 0.3 is 11.9 Å². The number of nitrogens with zero attached hydrogens (tertiary/aromatic N) is 5. The van der Waals surface area contributed by atoms with E-state index in [9.17, 15) is 67.7 Å². The van der Waals surface area contributed by atoms with Gasteiger partial charge in [-0.3, -0.25) is 77.5 Å². The Labute approximate surface area is 525 Å². The largest absolute Gasteiger partial charge is 0.481 e. The maximum absolute atomic E-state index is 14.4. The zero-order valence-electron chi connectivity index (χ0n) is 51.7. The molecule has 1 aliphatic heterocycles. The molecule has 1 heterocycles. The van der Waals surface area contributed by atoms with Gasteiger partial charge in [-0.15, -0.1) is 0 Å². The lowest BCUT2D eigenvalue weighted by molar-refractivity contribution is -0.142. The molecule has 39 nitrogen and oxygen atoms in total. The fraction of sp³-hybridized carbons (Fsp3) is 0.692. The van der Waals surface area contributed by atoms with Crippen molar-refractivity contribution in [2.75, 3.05) is 45.8 Å². The summed E-state index contributed by atoms with van der Waals surface area (Å²) in [5.74, 6) is -12.9.